The summed E-state index contributed by atoms with van der Waals surface area (Å²) in [6.45, 7) is 0.931. The number of methoxy groups -OCH3 is 1. The zero-order valence-corrected chi connectivity index (χ0v) is 22.3. The number of piperidine rings is 1. The maximum Gasteiger partial charge on any atom is 0.328 e. The van der Waals surface area contributed by atoms with Crippen LogP contribution in [0.5, 0.6) is 5.88 Å². The Morgan fingerprint density at radius 3 is 2.18 bits per heavy atom. The molecule has 12 heteroatoms. The van der Waals surface area contributed by atoms with Crippen molar-refractivity contribution in [3.05, 3.63) is 58.8 Å². The number of aliphatic carboxylic acids is 2. The van der Waals surface area contributed by atoms with Crippen LogP contribution in [-0.4, -0.2) is 82.3 Å². The molecule has 204 valence electrons. The Morgan fingerprint density at radius 2 is 1.68 bits per heavy atom. The molecule has 2 aromatic rings. The molecular weight excluding hydrogens is 514 g/mol. The summed E-state index contributed by atoms with van der Waals surface area (Å²) in [4.78, 5) is 45.0. The van der Waals surface area contributed by atoms with Gasteiger partial charge < -0.3 is 25.2 Å². The van der Waals surface area contributed by atoms with Crippen LogP contribution in [0, 0.1) is 0 Å². The standard InChI is InChI=1S/C22H28ClN5O2.C4H4O4/c1-27(2)22-24-12-19(21(26-22)30-3)20(29)25-16-10-17-8-9-18(11-16)28(17)13-14-4-6-15(23)7-5-14;5-3(6)1-2-4(7)8/h4-7,12,16-18H,8-11,13H2,1-3H3,(H,25,29);1-2H,(H,5,6)(H,7,8)/b;2-1-/t16?,17-,18+;. The molecule has 2 aliphatic heterocycles. The molecule has 38 heavy (non-hydrogen) atoms. The van der Waals surface area contributed by atoms with E-state index >= 15 is 0 Å². The summed E-state index contributed by atoms with van der Waals surface area (Å²) in [6.07, 6.45) is 6.91. The number of hydrogen-bond donors (Lipinski definition) is 3. The van der Waals surface area contributed by atoms with Gasteiger partial charge in [-0.2, -0.15) is 4.98 Å². The fourth-order valence-corrected chi connectivity index (χ4v) is 4.87. The Bertz CT molecular complexity index is 1140. The molecule has 0 radical (unpaired) electrons. The molecule has 1 amide bonds. The highest BCUT2D eigenvalue weighted by atomic mass is 35.5. The summed E-state index contributed by atoms with van der Waals surface area (Å²) in [7, 11) is 5.22. The van der Waals surface area contributed by atoms with Crippen molar-refractivity contribution in [2.45, 2.75) is 50.4 Å². The second-order valence-corrected chi connectivity index (χ2v) is 9.76. The number of carboxylic acids is 2. The van der Waals surface area contributed by atoms with E-state index in [1.54, 1.807) is 11.1 Å². The molecule has 2 aliphatic rings. The molecule has 1 aromatic heterocycles. The Kier molecular flexibility index (Phi) is 10.0. The van der Waals surface area contributed by atoms with Crippen LogP contribution in [0.25, 0.3) is 0 Å². The van der Waals surface area contributed by atoms with Crippen molar-refractivity contribution in [3.63, 3.8) is 0 Å². The third-order valence-corrected chi connectivity index (χ3v) is 6.70. The summed E-state index contributed by atoms with van der Waals surface area (Å²) in [6, 6.07) is 9.21. The highest BCUT2D eigenvalue weighted by molar-refractivity contribution is 6.30. The summed E-state index contributed by atoms with van der Waals surface area (Å²) < 4.78 is 5.34. The van der Waals surface area contributed by atoms with Crippen molar-refractivity contribution in [2.75, 3.05) is 26.1 Å². The van der Waals surface area contributed by atoms with E-state index in [1.165, 1.54) is 25.5 Å². The van der Waals surface area contributed by atoms with Gasteiger partial charge in [-0.3, -0.25) is 9.69 Å². The fraction of sp³-hybridized carbons (Fsp3) is 0.423. The van der Waals surface area contributed by atoms with Gasteiger partial charge in [-0.15, -0.1) is 0 Å². The number of halogens is 1. The topological polar surface area (TPSA) is 145 Å². The molecule has 3 heterocycles. The minimum absolute atomic E-state index is 0.148. The maximum atomic E-state index is 12.9. The molecule has 3 atom stereocenters. The first-order valence-electron chi connectivity index (χ1n) is 12.1. The van der Waals surface area contributed by atoms with Crippen molar-refractivity contribution < 1.29 is 29.3 Å². The van der Waals surface area contributed by atoms with E-state index in [2.05, 4.69) is 32.3 Å². The third-order valence-electron chi connectivity index (χ3n) is 6.45. The molecule has 0 saturated carbocycles. The van der Waals surface area contributed by atoms with Gasteiger partial charge in [0.2, 0.25) is 11.8 Å². The zero-order valence-electron chi connectivity index (χ0n) is 21.5. The number of anilines is 1. The number of rotatable bonds is 8. The number of amides is 1. The molecule has 4 rings (SSSR count). The highest BCUT2D eigenvalue weighted by Gasteiger charge is 2.41. The number of nitrogens with zero attached hydrogens (tertiary/aromatic N) is 4. The number of ether oxygens (including phenoxy) is 1. The van der Waals surface area contributed by atoms with E-state index in [-0.39, 0.29) is 11.9 Å². The maximum absolute atomic E-state index is 12.9. The Morgan fingerprint density at radius 1 is 1.11 bits per heavy atom. The Balaban J connectivity index is 0.000000436. The minimum Gasteiger partial charge on any atom is -0.480 e. The molecule has 11 nitrogen and oxygen atoms in total. The van der Waals surface area contributed by atoms with Crippen LogP contribution in [0.1, 0.15) is 41.6 Å². The smallest absolute Gasteiger partial charge is 0.328 e. The van der Waals surface area contributed by atoms with Gasteiger partial charge in [-0.25, -0.2) is 14.6 Å². The van der Waals surface area contributed by atoms with E-state index < -0.39 is 11.9 Å². The first-order valence-corrected chi connectivity index (χ1v) is 12.5. The average Bonchev–Trinajstić information content (AvgIpc) is 3.10. The van der Waals surface area contributed by atoms with Crippen molar-refractivity contribution >= 4 is 35.4 Å². The molecule has 3 N–H and O–H groups in total. The average molecular weight is 546 g/mol. The SMILES string of the molecule is COc1nc(N(C)C)ncc1C(=O)NC1C[C@H]2CC[C@@H](C1)N2Cc1ccc(Cl)cc1.O=C(O)/C=C\C(=O)O. The lowest BCUT2D eigenvalue weighted by Gasteiger charge is -2.39. The molecule has 2 fully saturated rings. The third kappa shape index (κ3) is 7.90. The predicted octanol–water partition coefficient (Wildman–Crippen LogP) is 2.84. The first kappa shape index (κ1) is 28.9. The van der Waals surface area contributed by atoms with Gasteiger partial charge in [0.05, 0.1) is 7.11 Å². The van der Waals surface area contributed by atoms with Crippen LogP contribution in [0.2, 0.25) is 5.02 Å². The van der Waals surface area contributed by atoms with Crippen LogP contribution in [0.4, 0.5) is 5.95 Å². The van der Waals surface area contributed by atoms with Crippen molar-refractivity contribution in [2.24, 2.45) is 0 Å². The minimum atomic E-state index is -1.26. The second kappa shape index (κ2) is 13.2. The second-order valence-electron chi connectivity index (χ2n) is 9.32. The molecule has 0 spiro atoms. The number of carbonyl (C=O) groups is 3. The van der Waals surface area contributed by atoms with Crippen LogP contribution in [-0.2, 0) is 16.1 Å². The van der Waals surface area contributed by atoms with Gasteiger partial charge in [0.25, 0.3) is 5.91 Å². The quantitative estimate of drug-likeness (QED) is 0.423. The molecule has 2 saturated heterocycles. The number of hydrogen-bond acceptors (Lipinski definition) is 8. The van der Waals surface area contributed by atoms with Crippen molar-refractivity contribution in [3.8, 4) is 5.88 Å². The zero-order chi connectivity index (χ0) is 27.8. The summed E-state index contributed by atoms with van der Waals surface area (Å²) >= 11 is 6.01. The molecule has 1 aromatic carbocycles. The van der Waals surface area contributed by atoms with E-state index in [1.807, 2.05) is 26.2 Å². The predicted molar refractivity (Wildman–Crippen MR) is 142 cm³/mol. The Labute approximate surface area is 226 Å². The summed E-state index contributed by atoms with van der Waals surface area (Å²) in [5.41, 5.74) is 1.65. The monoisotopic (exact) mass is 545 g/mol. The summed E-state index contributed by atoms with van der Waals surface area (Å²) in [5.74, 6) is -1.88. The van der Waals surface area contributed by atoms with Crippen LogP contribution in [0.3, 0.4) is 0 Å². The molecule has 2 bridgehead atoms. The van der Waals surface area contributed by atoms with Crippen LogP contribution in [0.15, 0.2) is 42.6 Å². The number of aromatic nitrogens is 2. The van der Waals surface area contributed by atoms with Crippen LogP contribution < -0.4 is 15.0 Å². The highest BCUT2D eigenvalue weighted by Crippen LogP contribution is 2.37. The number of carboxylic acid groups (broad SMARTS) is 2. The van der Waals surface area contributed by atoms with E-state index in [0.717, 1.165) is 24.4 Å². The van der Waals surface area contributed by atoms with Gasteiger partial charge in [0, 0.05) is 62.1 Å². The number of carbonyl (C=O) groups excluding carboxylic acids is 1. The molecular formula is C26H32ClN5O6. The normalized spacial score (nSPS) is 20.4. The van der Waals surface area contributed by atoms with Gasteiger partial charge >= 0.3 is 11.9 Å². The lowest BCUT2D eigenvalue weighted by Crippen LogP contribution is -2.50. The summed E-state index contributed by atoms with van der Waals surface area (Å²) in [5, 5.41) is 19.6. The van der Waals surface area contributed by atoms with Crippen molar-refractivity contribution in [1.82, 2.24) is 20.2 Å². The number of fused-ring (bicyclic) bond motifs is 2. The number of nitrogens with one attached hydrogen (secondary N) is 1. The first-order chi connectivity index (χ1) is 18.1. The molecule has 0 aliphatic carbocycles. The van der Waals surface area contributed by atoms with Gasteiger partial charge in [0.15, 0.2) is 0 Å². The lowest BCUT2D eigenvalue weighted by molar-refractivity contribution is -0.134. The van der Waals surface area contributed by atoms with Gasteiger partial charge in [-0.05, 0) is 43.4 Å². The van der Waals surface area contributed by atoms with E-state index in [9.17, 15) is 14.4 Å². The fourth-order valence-electron chi connectivity index (χ4n) is 4.74. The Hall–Kier alpha value is -3.70. The lowest BCUT2D eigenvalue weighted by atomic mass is 9.96. The van der Waals surface area contributed by atoms with Gasteiger partial charge in [0.1, 0.15) is 5.56 Å². The van der Waals surface area contributed by atoms with E-state index in [0.29, 0.717) is 41.6 Å². The van der Waals surface area contributed by atoms with Crippen molar-refractivity contribution in [1.29, 1.82) is 0 Å². The van der Waals surface area contributed by atoms with Crippen LogP contribution >= 0.6 is 11.6 Å². The number of benzene rings is 1. The largest absolute Gasteiger partial charge is 0.480 e. The van der Waals surface area contributed by atoms with E-state index in [4.69, 9.17) is 26.6 Å². The van der Waals surface area contributed by atoms with Gasteiger partial charge in [-0.1, -0.05) is 23.7 Å². The molecule has 1 unspecified atom stereocenters.